The molecule has 1 aromatic heterocycles. The monoisotopic (exact) mass is 265 g/mol. The largest absolute Gasteiger partial charge is 0.455 e. The van der Waals surface area contributed by atoms with E-state index in [1.807, 2.05) is 20.8 Å². The molecule has 5 heteroatoms. The fourth-order valence-corrected chi connectivity index (χ4v) is 2.80. The molecular formula is C14H23N3O2. The first-order chi connectivity index (χ1) is 8.48. The topological polar surface area (TPSA) is 67.9 Å². The van der Waals surface area contributed by atoms with Crippen molar-refractivity contribution in [3.63, 3.8) is 0 Å². The first kappa shape index (κ1) is 14.0. The van der Waals surface area contributed by atoms with Crippen LogP contribution in [0.15, 0.2) is 0 Å². The van der Waals surface area contributed by atoms with E-state index in [0.29, 0.717) is 5.69 Å². The maximum absolute atomic E-state index is 12.2. The molecular weight excluding hydrogens is 242 g/mol. The zero-order valence-electron chi connectivity index (χ0n) is 12.8. The normalized spacial score (nSPS) is 21.2. The Bertz CT molecular complexity index is 495. The predicted octanol–water partition coefficient (Wildman–Crippen LogP) is 2.91. The van der Waals surface area contributed by atoms with E-state index in [1.54, 1.807) is 0 Å². The number of carbonyl (C=O) groups excluding carboxylic acids is 1. The molecule has 0 aromatic carbocycles. The van der Waals surface area contributed by atoms with Gasteiger partial charge in [-0.1, -0.05) is 27.7 Å². The molecule has 1 N–H and O–H groups in total. The lowest BCUT2D eigenvalue weighted by Crippen LogP contribution is -2.24. The van der Waals surface area contributed by atoms with Gasteiger partial charge in [0, 0.05) is 5.92 Å². The lowest BCUT2D eigenvalue weighted by Gasteiger charge is -2.18. The van der Waals surface area contributed by atoms with E-state index in [2.05, 4.69) is 43.1 Å². The minimum atomic E-state index is -0.526. The summed E-state index contributed by atoms with van der Waals surface area (Å²) < 4.78 is 5.38. The molecule has 0 saturated heterocycles. The fourth-order valence-electron chi connectivity index (χ4n) is 2.80. The number of ether oxygens (including phenoxy) is 1. The molecule has 0 atom stereocenters. The number of hydrogen-bond donors (Lipinski definition) is 1. The summed E-state index contributed by atoms with van der Waals surface area (Å²) in [5.41, 5.74) is 0.742. The van der Waals surface area contributed by atoms with Crippen LogP contribution in [0.5, 0.6) is 0 Å². The highest BCUT2D eigenvalue weighted by Crippen LogP contribution is 2.73. The van der Waals surface area contributed by atoms with E-state index in [4.69, 9.17) is 4.74 Å². The zero-order chi connectivity index (χ0) is 14.6. The Morgan fingerprint density at radius 2 is 1.68 bits per heavy atom. The number of H-pyrrole nitrogens is 1. The third-order valence-electron chi connectivity index (χ3n) is 4.46. The molecule has 106 valence electrons. The Morgan fingerprint density at radius 3 is 2.11 bits per heavy atom. The van der Waals surface area contributed by atoms with Crippen molar-refractivity contribution in [2.45, 2.75) is 60.0 Å². The molecule has 1 fully saturated rings. The van der Waals surface area contributed by atoms with Crippen LogP contribution in [0.25, 0.3) is 0 Å². The number of carbonyl (C=O) groups is 1. The van der Waals surface area contributed by atoms with Crippen LogP contribution in [0.2, 0.25) is 0 Å². The Labute approximate surface area is 114 Å². The predicted molar refractivity (Wildman–Crippen MR) is 71.9 cm³/mol. The van der Waals surface area contributed by atoms with E-state index in [9.17, 15) is 4.79 Å². The molecule has 1 aromatic rings. The van der Waals surface area contributed by atoms with Gasteiger partial charge in [0.1, 0.15) is 11.3 Å². The maximum atomic E-state index is 12.2. The third-order valence-corrected chi connectivity index (χ3v) is 4.46. The van der Waals surface area contributed by atoms with Crippen molar-refractivity contribution in [1.82, 2.24) is 15.4 Å². The number of aromatic amines is 1. The summed E-state index contributed by atoms with van der Waals surface area (Å²) in [5.74, 6) is -0.184. The van der Waals surface area contributed by atoms with Gasteiger partial charge < -0.3 is 4.74 Å². The van der Waals surface area contributed by atoms with E-state index < -0.39 is 11.6 Å². The standard InChI is InChI=1S/C14H23N3O2/c1-12(2,3)19-11(18)9-8(15-17-16-9)10-13(4,5)14(10,6)7/h10H,1-7H3,(H,15,16,17). The first-order valence-electron chi connectivity index (χ1n) is 6.62. The Balaban J connectivity index is 2.28. The summed E-state index contributed by atoms with van der Waals surface area (Å²) in [6.07, 6.45) is 0. The smallest absolute Gasteiger partial charge is 0.361 e. The van der Waals surface area contributed by atoms with E-state index >= 15 is 0 Å². The molecule has 0 amide bonds. The molecule has 1 aliphatic rings. The van der Waals surface area contributed by atoms with Crippen LogP contribution in [0.1, 0.15) is 70.6 Å². The van der Waals surface area contributed by atoms with Crippen LogP contribution in [0.3, 0.4) is 0 Å². The van der Waals surface area contributed by atoms with Crippen molar-refractivity contribution in [3.8, 4) is 0 Å². The van der Waals surface area contributed by atoms with Crippen LogP contribution in [0.4, 0.5) is 0 Å². The van der Waals surface area contributed by atoms with Gasteiger partial charge in [-0.15, -0.1) is 5.10 Å². The molecule has 19 heavy (non-hydrogen) atoms. The van der Waals surface area contributed by atoms with Crippen molar-refractivity contribution in [2.24, 2.45) is 10.8 Å². The number of aromatic nitrogens is 3. The lowest BCUT2D eigenvalue weighted by molar-refractivity contribution is 0.00614. The summed E-state index contributed by atoms with van der Waals surface area (Å²) >= 11 is 0. The van der Waals surface area contributed by atoms with Crippen LogP contribution in [0, 0.1) is 10.8 Å². The van der Waals surface area contributed by atoms with Crippen molar-refractivity contribution in [1.29, 1.82) is 0 Å². The summed E-state index contributed by atoms with van der Waals surface area (Å²) in [6.45, 7) is 14.3. The van der Waals surface area contributed by atoms with Gasteiger partial charge in [0.25, 0.3) is 0 Å². The van der Waals surface area contributed by atoms with Crippen LogP contribution in [-0.4, -0.2) is 27.0 Å². The van der Waals surface area contributed by atoms with Crippen LogP contribution in [-0.2, 0) is 4.74 Å². The Hall–Kier alpha value is -1.39. The lowest BCUT2D eigenvalue weighted by atomic mass is 10.0. The number of hydrogen-bond acceptors (Lipinski definition) is 4. The van der Waals surface area contributed by atoms with Gasteiger partial charge in [0.15, 0.2) is 5.69 Å². The molecule has 0 unspecified atom stereocenters. The molecule has 2 rings (SSSR count). The minimum absolute atomic E-state index is 0.112. The molecule has 0 radical (unpaired) electrons. The number of esters is 1. The van der Waals surface area contributed by atoms with Crippen LogP contribution < -0.4 is 0 Å². The third kappa shape index (κ3) is 2.15. The molecule has 1 saturated carbocycles. The second-order valence-corrected chi connectivity index (χ2v) is 7.44. The highest BCUT2D eigenvalue weighted by atomic mass is 16.6. The number of nitrogens with zero attached hydrogens (tertiary/aromatic N) is 2. The van der Waals surface area contributed by atoms with Gasteiger partial charge in [-0.25, -0.2) is 4.79 Å². The Kier molecular flexibility index (Phi) is 2.81. The Morgan fingerprint density at radius 1 is 1.16 bits per heavy atom. The molecule has 5 nitrogen and oxygen atoms in total. The molecule has 1 aliphatic carbocycles. The first-order valence-corrected chi connectivity index (χ1v) is 6.62. The second kappa shape index (κ2) is 3.81. The van der Waals surface area contributed by atoms with Gasteiger partial charge in [-0.05, 0) is 31.6 Å². The maximum Gasteiger partial charge on any atom is 0.361 e. The zero-order valence-corrected chi connectivity index (χ0v) is 12.8. The summed E-state index contributed by atoms with van der Waals surface area (Å²) in [5, 5.41) is 10.7. The number of nitrogens with one attached hydrogen (secondary N) is 1. The van der Waals surface area contributed by atoms with E-state index in [1.165, 1.54) is 0 Å². The summed E-state index contributed by atoms with van der Waals surface area (Å²) in [4.78, 5) is 12.2. The average Bonchev–Trinajstić information content (AvgIpc) is 2.59. The van der Waals surface area contributed by atoms with Crippen molar-refractivity contribution < 1.29 is 9.53 Å². The molecule has 1 heterocycles. The van der Waals surface area contributed by atoms with Crippen LogP contribution >= 0.6 is 0 Å². The molecule has 0 bridgehead atoms. The fraction of sp³-hybridized carbons (Fsp3) is 0.786. The van der Waals surface area contributed by atoms with Gasteiger partial charge in [-0.3, -0.25) is 0 Å². The number of rotatable bonds is 2. The van der Waals surface area contributed by atoms with Crippen molar-refractivity contribution >= 4 is 5.97 Å². The highest BCUT2D eigenvalue weighted by molar-refractivity contribution is 5.89. The van der Waals surface area contributed by atoms with Gasteiger partial charge in [-0.2, -0.15) is 10.3 Å². The molecule has 0 aliphatic heterocycles. The highest BCUT2D eigenvalue weighted by Gasteiger charge is 2.67. The SMILES string of the molecule is CC(C)(C)OC(=O)c1n[nH]nc1C1C(C)(C)C1(C)C. The van der Waals surface area contributed by atoms with Crippen molar-refractivity contribution in [2.75, 3.05) is 0 Å². The second-order valence-electron chi connectivity index (χ2n) is 7.44. The van der Waals surface area contributed by atoms with Gasteiger partial charge in [0.05, 0.1) is 0 Å². The van der Waals surface area contributed by atoms with E-state index in [-0.39, 0.29) is 16.7 Å². The molecule has 0 spiro atoms. The van der Waals surface area contributed by atoms with E-state index in [0.717, 1.165) is 5.69 Å². The average molecular weight is 265 g/mol. The van der Waals surface area contributed by atoms with Gasteiger partial charge >= 0.3 is 5.97 Å². The quantitative estimate of drug-likeness (QED) is 0.835. The minimum Gasteiger partial charge on any atom is -0.455 e. The summed E-state index contributed by atoms with van der Waals surface area (Å²) in [7, 11) is 0. The van der Waals surface area contributed by atoms with Gasteiger partial charge in [0.2, 0.25) is 0 Å². The summed E-state index contributed by atoms with van der Waals surface area (Å²) in [6, 6.07) is 0. The van der Waals surface area contributed by atoms with Crippen molar-refractivity contribution in [3.05, 3.63) is 11.4 Å².